The summed E-state index contributed by atoms with van der Waals surface area (Å²) in [6, 6.07) is 12.7. The number of ketones is 2. The summed E-state index contributed by atoms with van der Waals surface area (Å²) in [5.74, 6) is -0.286. The first-order valence-corrected chi connectivity index (χ1v) is 11.9. The van der Waals surface area contributed by atoms with Crippen molar-refractivity contribution in [2.45, 2.75) is 39.0 Å². The maximum absolute atomic E-state index is 12.8. The van der Waals surface area contributed by atoms with Crippen LogP contribution in [0.5, 0.6) is 0 Å². The highest BCUT2D eigenvalue weighted by Crippen LogP contribution is 2.27. The third-order valence-corrected chi connectivity index (χ3v) is 6.65. The van der Waals surface area contributed by atoms with Crippen LogP contribution in [0.4, 0.5) is 0 Å². The van der Waals surface area contributed by atoms with E-state index in [0.717, 1.165) is 36.2 Å². The highest BCUT2D eigenvalue weighted by Gasteiger charge is 2.25. The summed E-state index contributed by atoms with van der Waals surface area (Å²) < 4.78 is 2.05. The standard InChI is InChI=1S/C30H28N2O2/c1-21-7-2-3-9-23(21)11-6-8-22-13-16-30-31-26(20-32(30)19-22)14-15-28(33)25-17-24-10-4-5-12-27(24)29(34)18-25/h2-5,7,9-10,12-13,16-20,27H,6,8,11,14-15H2,1H3. The molecule has 2 heterocycles. The summed E-state index contributed by atoms with van der Waals surface area (Å²) in [5, 5.41) is 0. The van der Waals surface area contributed by atoms with E-state index < -0.39 is 0 Å². The SMILES string of the molecule is Cc1ccccc1CCCc1ccc2nc(CCC(=O)C3=CC(=O)C4C=CC=CC4=C3)cn2c1. The van der Waals surface area contributed by atoms with Gasteiger partial charge in [0.25, 0.3) is 0 Å². The average Bonchev–Trinajstić information content (AvgIpc) is 3.26. The molecule has 34 heavy (non-hydrogen) atoms. The van der Waals surface area contributed by atoms with Gasteiger partial charge in [-0.05, 0) is 73.1 Å². The second kappa shape index (κ2) is 9.60. The Bertz CT molecular complexity index is 1380. The number of benzene rings is 1. The molecule has 0 N–H and O–H groups in total. The summed E-state index contributed by atoms with van der Waals surface area (Å²) in [5.41, 5.74) is 7.21. The van der Waals surface area contributed by atoms with Crippen molar-refractivity contribution in [3.63, 3.8) is 0 Å². The molecular weight excluding hydrogens is 420 g/mol. The van der Waals surface area contributed by atoms with E-state index in [1.54, 1.807) is 0 Å². The van der Waals surface area contributed by atoms with Crippen molar-refractivity contribution in [1.82, 2.24) is 9.38 Å². The first kappa shape index (κ1) is 22.0. The Balaban J connectivity index is 1.19. The molecule has 0 amide bonds. The van der Waals surface area contributed by atoms with E-state index in [0.29, 0.717) is 18.4 Å². The number of nitrogens with zero attached hydrogens (tertiary/aromatic N) is 2. The molecule has 2 aliphatic carbocycles. The number of allylic oxidation sites excluding steroid dienone is 8. The molecule has 1 unspecified atom stereocenters. The number of aromatic nitrogens is 2. The van der Waals surface area contributed by atoms with Crippen LogP contribution in [0.1, 0.15) is 35.2 Å². The Kier molecular flexibility index (Phi) is 6.22. The third-order valence-electron chi connectivity index (χ3n) is 6.65. The van der Waals surface area contributed by atoms with Gasteiger partial charge < -0.3 is 4.40 Å². The number of hydrogen-bond acceptors (Lipinski definition) is 3. The van der Waals surface area contributed by atoms with Gasteiger partial charge in [-0.15, -0.1) is 0 Å². The van der Waals surface area contributed by atoms with Gasteiger partial charge in [-0.3, -0.25) is 9.59 Å². The van der Waals surface area contributed by atoms with Gasteiger partial charge in [0, 0.05) is 24.4 Å². The molecule has 5 rings (SSSR count). The van der Waals surface area contributed by atoms with Gasteiger partial charge in [0.15, 0.2) is 11.6 Å². The smallest absolute Gasteiger partial charge is 0.167 e. The third kappa shape index (κ3) is 4.76. The minimum atomic E-state index is -0.245. The highest BCUT2D eigenvalue weighted by molar-refractivity contribution is 6.09. The van der Waals surface area contributed by atoms with E-state index in [1.165, 1.54) is 22.8 Å². The molecule has 1 atom stereocenters. The maximum atomic E-state index is 12.8. The van der Waals surface area contributed by atoms with Crippen LogP contribution in [-0.4, -0.2) is 21.0 Å². The zero-order valence-electron chi connectivity index (χ0n) is 19.4. The number of carbonyl (C=O) groups excluding carboxylic acids is 2. The van der Waals surface area contributed by atoms with Gasteiger partial charge in [0.05, 0.1) is 11.6 Å². The van der Waals surface area contributed by atoms with Gasteiger partial charge in [0.1, 0.15) is 5.65 Å². The van der Waals surface area contributed by atoms with Crippen LogP contribution in [-0.2, 0) is 28.9 Å². The Morgan fingerprint density at radius 3 is 2.76 bits per heavy atom. The summed E-state index contributed by atoms with van der Waals surface area (Å²) in [4.78, 5) is 29.8. The van der Waals surface area contributed by atoms with E-state index in [-0.39, 0.29) is 17.5 Å². The fourth-order valence-electron chi connectivity index (χ4n) is 4.70. The Morgan fingerprint density at radius 1 is 1.00 bits per heavy atom. The molecule has 170 valence electrons. The number of fused-ring (bicyclic) bond motifs is 2. The van der Waals surface area contributed by atoms with Crippen molar-refractivity contribution in [3.05, 3.63) is 119 Å². The highest BCUT2D eigenvalue weighted by atomic mass is 16.1. The number of Topliss-reactive ketones (excluding diaryl/α,β-unsaturated/α-hetero) is 1. The number of pyridine rings is 1. The van der Waals surface area contributed by atoms with E-state index in [1.807, 2.05) is 42.6 Å². The molecule has 2 aromatic heterocycles. The fraction of sp³-hybridized carbons (Fsp3) is 0.233. The van der Waals surface area contributed by atoms with Gasteiger partial charge in [-0.2, -0.15) is 0 Å². The van der Waals surface area contributed by atoms with Gasteiger partial charge in [-0.25, -0.2) is 4.98 Å². The number of rotatable bonds is 8. The lowest BCUT2D eigenvalue weighted by molar-refractivity contribution is -0.118. The van der Waals surface area contributed by atoms with Crippen LogP contribution in [0.3, 0.4) is 0 Å². The van der Waals surface area contributed by atoms with Crippen LogP contribution in [0.2, 0.25) is 0 Å². The first-order valence-electron chi connectivity index (χ1n) is 11.9. The minimum absolute atomic E-state index is 0.0174. The molecule has 0 spiro atoms. The van der Waals surface area contributed by atoms with Crippen molar-refractivity contribution in [3.8, 4) is 0 Å². The molecule has 0 aliphatic heterocycles. The van der Waals surface area contributed by atoms with Crippen molar-refractivity contribution in [1.29, 1.82) is 0 Å². The van der Waals surface area contributed by atoms with E-state index >= 15 is 0 Å². The van der Waals surface area contributed by atoms with Gasteiger partial charge in [0.2, 0.25) is 0 Å². The Labute approximate surface area is 200 Å². The topological polar surface area (TPSA) is 51.4 Å². The normalized spacial score (nSPS) is 17.0. The van der Waals surface area contributed by atoms with E-state index in [4.69, 9.17) is 0 Å². The molecule has 0 saturated carbocycles. The molecule has 4 nitrogen and oxygen atoms in total. The molecule has 0 fully saturated rings. The van der Waals surface area contributed by atoms with Crippen molar-refractivity contribution < 1.29 is 9.59 Å². The number of aryl methyl sites for hydroxylation is 4. The molecular formula is C30H28N2O2. The summed E-state index contributed by atoms with van der Waals surface area (Å²) in [6.45, 7) is 2.17. The van der Waals surface area contributed by atoms with Gasteiger partial charge in [-0.1, -0.05) is 54.6 Å². The van der Waals surface area contributed by atoms with Crippen LogP contribution >= 0.6 is 0 Å². The van der Waals surface area contributed by atoms with Crippen molar-refractivity contribution in [2.75, 3.05) is 0 Å². The molecule has 4 heteroatoms. The summed E-state index contributed by atoms with van der Waals surface area (Å²) in [6.07, 6.45) is 19.1. The lowest BCUT2D eigenvalue weighted by Crippen LogP contribution is -2.19. The average molecular weight is 449 g/mol. The van der Waals surface area contributed by atoms with Crippen LogP contribution in [0, 0.1) is 12.8 Å². The monoisotopic (exact) mass is 448 g/mol. The lowest BCUT2D eigenvalue weighted by Gasteiger charge is -2.19. The summed E-state index contributed by atoms with van der Waals surface area (Å²) >= 11 is 0. The van der Waals surface area contributed by atoms with Crippen molar-refractivity contribution in [2.24, 2.45) is 5.92 Å². The number of carbonyl (C=O) groups is 2. The lowest BCUT2D eigenvalue weighted by atomic mass is 9.83. The minimum Gasteiger partial charge on any atom is -0.307 e. The maximum Gasteiger partial charge on any atom is 0.167 e. The molecule has 0 radical (unpaired) electrons. The van der Waals surface area contributed by atoms with Crippen LogP contribution in [0.25, 0.3) is 5.65 Å². The molecule has 3 aromatic rings. The zero-order valence-corrected chi connectivity index (χ0v) is 19.4. The molecule has 0 bridgehead atoms. The fourth-order valence-corrected chi connectivity index (χ4v) is 4.70. The number of hydrogen-bond donors (Lipinski definition) is 0. The Morgan fingerprint density at radius 2 is 1.88 bits per heavy atom. The van der Waals surface area contributed by atoms with Crippen LogP contribution < -0.4 is 0 Å². The predicted octanol–water partition coefficient (Wildman–Crippen LogP) is 5.50. The second-order valence-corrected chi connectivity index (χ2v) is 9.11. The van der Waals surface area contributed by atoms with E-state index in [9.17, 15) is 9.59 Å². The molecule has 2 aliphatic rings. The zero-order chi connectivity index (χ0) is 23.5. The van der Waals surface area contributed by atoms with E-state index in [2.05, 4.69) is 52.8 Å². The predicted molar refractivity (Wildman–Crippen MR) is 135 cm³/mol. The van der Waals surface area contributed by atoms with Crippen LogP contribution in [0.15, 0.2) is 96.4 Å². The summed E-state index contributed by atoms with van der Waals surface area (Å²) in [7, 11) is 0. The first-order chi connectivity index (χ1) is 16.6. The molecule has 0 saturated heterocycles. The quantitative estimate of drug-likeness (QED) is 0.457. The molecule has 1 aromatic carbocycles. The largest absolute Gasteiger partial charge is 0.307 e. The Hall–Kier alpha value is -3.79. The number of imidazole rings is 1. The van der Waals surface area contributed by atoms with Crippen molar-refractivity contribution >= 4 is 17.2 Å². The van der Waals surface area contributed by atoms with Gasteiger partial charge >= 0.3 is 0 Å². The second-order valence-electron chi connectivity index (χ2n) is 9.11.